The van der Waals surface area contributed by atoms with Crippen LogP contribution in [0.5, 0.6) is 0 Å². The van der Waals surface area contributed by atoms with Crippen molar-refractivity contribution >= 4 is 10.8 Å². The number of rotatable bonds is 5. The van der Waals surface area contributed by atoms with Gasteiger partial charge >= 0.3 is 0 Å². The minimum Gasteiger partial charge on any atom is -0.369 e. The van der Waals surface area contributed by atoms with Crippen LogP contribution < -0.4 is 5.32 Å². The Hall–Kier alpha value is -1.50. The number of imidazole rings is 1. The van der Waals surface area contributed by atoms with Crippen LogP contribution in [-0.4, -0.2) is 32.7 Å². The van der Waals surface area contributed by atoms with Crippen molar-refractivity contribution in [1.82, 2.24) is 14.9 Å². The van der Waals surface area contributed by atoms with Crippen LogP contribution in [-0.2, 0) is 29.1 Å². The molecule has 0 radical (unpaired) electrons. The topological polar surface area (TPSA) is 56.1 Å². The van der Waals surface area contributed by atoms with Crippen molar-refractivity contribution in [3.8, 4) is 0 Å². The molecule has 2 heterocycles. The molecule has 3 atom stereocenters. The quantitative estimate of drug-likeness (QED) is 0.911. The summed E-state index contributed by atoms with van der Waals surface area (Å²) >= 11 is 0. The van der Waals surface area contributed by atoms with E-state index in [0.717, 1.165) is 36.7 Å². The number of hydrogen-bond acceptors (Lipinski definition) is 4. The first-order chi connectivity index (χ1) is 11.1. The molecular weight excluding hydrogens is 310 g/mol. The SMILES string of the molecule is Cn1ccnc1[C@H]1OCCC[C@@H]1NCc1ccc([S@@](C)=O)cc1. The summed E-state index contributed by atoms with van der Waals surface area (Å²) in [5.41, 5.74) is 1.18. The highest BCUT2D eigenvalue weighted by atomic mass is 32.2. The van der Waals surface area contributed by atoms with Crippen molar-refractivity contribution in [3.63, 3.8) is 0 Å². The Balaban J connectivity index is 1.65. The first-order valence-electron chi connectivity index (χ1n) is 7.89. The third-order valence-electron chi connectivity index (χ3n) is 4.26. The predicted molar refractivity (Wildman–Crippen MR) is 90.5 cm³/mol. The molecule has 3 rings (SSSR count). The van der Waals surface area contributed by atoms with E-state index in [9.17, 15) is 4.21 Å². The van der Waals surface area contributed by atoms with Gasteiger partial charge in [0.05, 0.1) is 0 Å². The molecule has 1 N–H and O–H groups in total. The second kappa shape index (κ2) is 7.38. The van der Waals surface area contributed by atoms with Crippen LogP contribution >= 0.6 is 0 Å². The number of aryl methyl sites for hydroxylation is 1. The second-order valence-electron chi connectivity index (χ2n) is 5.92. The van der Waals surface area contributed by atoms with E-state index in [0.29, 0.717) is 0 Å². The fourth-order valence-electron chi connectivity index (χ4n) is 2.94. The minimum absolute atomic E-state index is 0.00818. The first-order valence-corrected chi connectivity index (χ1v) is 9.45. The molecule has 23 heavy (non-hydrogen) atoms. The van der Waals surface area contributed by atoms with E-state index in [4.69, 9.17) is 4.74 Å². The molecule has 1 aliphatic heterocycles. The molecule has 2 aromatic rings. The molecule has 1 aliphatic rings. The Morgan fingerprint density at radius 2 is 2.17 bits per heavy atom. The summed E-state index contributed by atoms with van der Waals surface area (Å²) in [6.45, 7) is 1.55. The van der Waals surface area contributed by atoms with Crippen LogP contribution in [0.3, 0.4) is 0 Å². The van der Waals surface area contributed by atoms with Crippen LogP contribution in [0.25, 0.3) is 0 Å². The van der Waals surface area contributed by atoms with Gasteiger partial charge in [0, 0.05) is 60.6 Å². The van der Waals surface area contributed by atoms with Crippen LogP contribution in [0.1, 0.15) is 30.3 Å². The number of aromatic nitrogens is 2. The fourth-order valence-corrected chi connectivity index (χ4v) is 3.46. The third-order valence-corrected chi connectivity index (χ3v) is 5.19. The van der Waals surface area contributed by atoms with Crippen molar-refractivity contribution in [2.24, 2.45) is 7.05 Å². The molecule has 0 aliphatic carbocycles. The van der Waals surface area contributed by atoms with Crippen LogP contribution in [0.4, 0.5) is 0 Å². The third kappa shape index (κ3) is 3.88. The van der Waals surface area contributed by atoms with Crippen molar-refractivity contribution in [1.29, 1.82) is 0 Å². The van der Waals surface area contributed by atoms with E-state index in [1.165, 1.54) is 5.56 Å². The predicted octanol–water partition coefficient (Wildman–Crippen LogP) is 2.17. The summed E-state index contributed by atoms with van der Waals surface area (Å²) in [5, 5.41) is 3.60. The fraction of sp³-hybridized carbons (Fsp3) is 0.471. The highest BCUT2D eigenvalue weighted by Gasteiger charge is 2.29. The van der Waals surface area contributed by atoms with Gasteiger partial charge in [0.1, 0.15) is 11.9 Å². The molecule has 124 valence electrons. The number of nitrogens with one attached hydrogen (secondary N) is 1. The molecule has 6 heteroatoms. The largest absolute Gasteiger partial charge is 0.369 e. The van der Waals surface area contributed by atoms with Gasteiger partial charge in [0.15, 0.2) is 0 Å². The first kappa shape index (κ1) is 16.4. The molecule has 1 aromatic carbocycles. The van der Waals surface area contributed by atoms with Gasteiger partial charge in [0.25, 0.3) is 0 Å². The van der Waals surface area contributed by atoms with Crippen molar-refractivity contribution in [2.45, 2.75) is 36.4 Å². The highest BCUT2D eigenvalue weighted by molar-refractivity contribution is 7.84. The lowest BCUT2D eigenvalue weighted by Gasteiger charge is -2.32. The number of ether oxygens (including phenoxy) is 1. The van der Waals surface area contributed by atoms with Crippen LogP contribution in [0.2, 0.25) is 0 Å². The molecule has 0 bridgehead atoms. The van der Waals surface area contributed by atoms with Gasteiger partial charge < -0.3 is 14.6 Å². The zero-order chi connectivity index (χ0) is 16.2. The monoisotopic (exact) mass is 333 g/mol. The summed E-state index contributed by atoms with van der Waals surface area (Å²) in [7, 11) is 1.08. The number of nitrogens with zero attached hydrogens (tertiary/aromatic N) is 2. The maximum absolute atomic E-state index is 11.4. The maximum Gasteiger partial charge on any atom is 0.139 e. The average molecular weight is 333 g/mol. The molecule has 0 saturated carbocycles. The highest BCUT2D eigenvalue weighted by Crippen LogP contribution is 2.27. The standard InChI is InChI=1S/C17H23N3O2S/c1-20-10-9-18-17(20)16-15(4-3-11-22-16)19-12-13-5-7-14(8-6-13)23(2)21/h5-10,15-16,19H,3-4,11-12H2,1-2H3/t15-,16-,23+/m0/s1. The molecule has 1 saturated heterocycles. The second-order valence-corrected chi connectivity index (χ2v) is 7.30. The van der Waals surface area contributed by atoms with Crippen LogP contribution in [0, 0.1) is 0 Å². The summed E-state index contributed by atoms with van der Waals surface area (Å²) in [5.74, 6) is 0.971. The van der Waals surface area contributed by atoms with Gasteiger partial charge in [-0.15, -0.1) is 0 Å². The Bertz CT molecular complexity index is 669. The van der Waals surface area contributed by atoms with Gasteiger partial charge in [-0.2, -0.15) is 0 Å². The molecular formula is C17H23N3O2S. The Morgan fingerprint density at radius 1 is 1.39 bits per heavy atom. The molecule has 1 fully saturated rings. The summed E-state index contributed by atoms with van der Waals surface area (Å²) in [6.07, 6.45) is 7.60. The van der Waals surface area contributed by atoms with Gasteiger partial charge in [0.2, 0.25) is 0 Å². The molecule has 0 unspecified atom stereocenters. The van der Waals surface area contributed by atoms with Gasteiger partial charge in [-0.1, -0.05) is 12.1 Å². The number of benzene rings is 1. The summed E-state index contributed by atoms with van der Waals surface area (Å²) in [6, 6.07) is 8.18. The molecule has 0 spiro atoms. The zero-order valence-electron chi connectivity index (χ0n) is 13.6. The lowest BCUT2D eigenvalue weighted by Crippen LogP contribution is -2.40. The van der Waals surface area contributed by atoms with E-state index < -0.39 is 10.8 Å². The van der Waals surface area contributed by atoms with E-state index >= 15 is 0 Å². The van der Waals surface area contributed by atoms with Crippen LogP contribution in [0.15, 0.2) is 41.6 Å². The molecule has 1 aromatic heterocycles. The Morgan fingerprint density at radius 3 is 2.83 bits per heavy atom. The zero-order valence-corrected chi connectivity index (χ0v) is 14.4. The average Bonchev–Trinajstić information content (AvgIpc) is 2.99. The Kier molecular flexibility index (Phi) is 5.25. The maximum atomic E-state index is 11.4. The molecule has 0 amide bonds. The van der Waals surface area contributed by atoms with E-state index in [-0.39, 0.29) is 12.1 Å². The van der Waals surface area contributed by atoms with E-state index in [1.807, 2.05) is 48.3 Å². The van der Waals surface area contributed by atoms with E-state index in [1.54, 1.807) is 6.26 Å². The normalized spacial score (nSPS) is 22.9. The summed E-state index contributed by atoms with van der Waals surface area (Å²) in [4.78, 5) is 5.30. The van der Waals surface area contributed by atoms with Crippen molar-refractivity contribution in [3.05, 3.63) is 48.0 Å². The Labute approximate surface area is 139 Å². The van der Waals surface area contributed by atoms with E-state index in [2.05, 4.69) is 10.3 Å². The van der Waals surface area contributed by atoms with Gasteiger partial charge in [-0.05, 0) is 30.5 Å². The van der Waals surface area contributed by atoms with Crippen molar-refractivity contribution in [2.75, 3.05) is 12.9 Å². The molecule has 5 nitrogen and oxygen atoms in total. The minimum atomic E-state index is -0.926. The lowest BCUT2D eigenvalue weighted by atomic mass is 10.0. The van der Waals surface area contributed by atoms with Crippen molar-refractivity contribution < 1.29 is 8.95 Å². The number of hydrogen-bond donors (Lipinski definition) is 1. The smallest absolute Gasteiger partial charge is 0.139 e. The summed E-state index contributed by atoms with van der Waals surface area (Å²) < 4.78 is 19.4. The van der Waals surface area contributed by atoms with Gasteiger partial charge in [-0.25, -0.2) is 4.98 Å². The van der Waals surface area contributed by atoms with Gasteiger partial charge in [-0.3, -0.25) is 4.21 Å². The lowest BCUT2D eigenvalue weighted by molar-refractivity contribution is -0.0178.